The first-order valence-corrected chi connectivity index (χ1v) is 7.49. The van der Waals surface area contributed by atoms with Gasteiger partial charge in [0, 0.05) is 5.56 Å². The zero-order valence-corrected chi connectivity index (χ0v) is 12.8. The van der Waals surface area contributed by atoms with Gasteiger partial charge in [0.2, 0.25) is 0 Å². The van der Waals surface area contributed by atoms with Gasteiger partial charge in [-0.2, -0.15) is 13.2 Å². The van der Waals surface area contributed by atoms with Gasteiger partial charge in [-0.15, -0.1) is 5.10 Å². The van der Waals surface area contributed by atoms with Crippen LogP contribution in [0.2, 0.25) is 0 Å². The quantitative estimate of drug-likeness (QED) is 0.743. The van der Waals surface area contributed by atoms with Gasteiger partial charge in [-0.25, -0.2) is 4.68 Å². The van der Waals surface area contributed by atoms with Crippen molar-refractivity contribution in [3.63, 3.8) is 0 Å². The molecule has 1 aromatic carbocycles. The number of aromatic nitrogens is 3. The van der Waals surface area contributed by atoms with E-state index in [0.717, 1.165) is 12.1 Å². The number of hydrogen-bond donors (Lipinski definition) is 3. The summed E-state index contributed by atoms with van der Waals surface area (Å²) in [6.45, 7) is -0.432. The fourth-order valence-electron chi connectivity index (χ4n) is 2.66. The lowest BCUT2D eigenvalue weighted by molar-refractivity contribution is -0.171. The average molecular weight is 359 g/mol. The van der Waals surface area contributed by atoms with E-state index in [4.69, 9.17) is 9.84 Å². The fourth-order valence-corrected chi connectivity index (χ4v) is 2.66. The third kappa shape index (κ3) is 3.52. The molecule has 1 saturated heterocycles. The summed E-state index contributed by atoms with van der Waals surface area (Å²) in [6.07, 6.45) is -6.37. The molecule has 1 aromatic heterocycles. The van der Waals surface area contributed by atoms with Gasteiger partial charge in [0.15, 0.2) is 0 Å². The molecule has 0 aliphatic carbocycles. The van der Waals surface area contributed by atoms with Crippen LogP contribution in [0.4, 0.5) is 13.2 Å². The molecule has 10 heteroatoms. The van der Waals surface area contributed by atoms with E-state index in [2.05, 4.69) is 10.3 Å². The van der Waals surface area contributed by atoms with Gasteiger partial charge in [-0.05, 0) is 12.1 Å². The molecule has 2 heterocycles. The Balaban J connectivity index is 1.79. The lowest BCUT2D eigenvalue weighted by atomic mass is 9.98. The van der Waals surface area contributed by atoms with E-state index in [9.17, 15) is 23.4 Å². The van der Waals surface area contributed by atoms with Gasteiger partial charge < -0.3 is 20.1 Å². The summed E-state index contributed by atoms with van der Waals surface area (Å²) < 4.78 is 44.3. The van der Waals surface area contributed by atoms with Gasteiger partial charge >= 0.3 is 6.18 Å². The molecule has 0 spiro atoms. The Labute approximate surface area is 140 Å². The molecular weight excluding hydrogens is 343 g/mol. The number of benzene rings is 1. The van der Waals surface area contributed by atoms with Gasteiger partial charge in [0.05, 0.1) is 25.0 Å². The van der Waals surface area contributed by atoms with Crippen molar-refractivity contribution >= 4 is 0 Å². The number of hydrogen-bond acceptors (Lipinski definition) is 6. The minimum atomic E-state index is -4.42. The molecule has 0 saturated carbocycles. The molecule has 1 aliphatic rings. The second kappa shape index (κ2) is 6.71. The van der Waals surface area contributed by atoms with Crippen LogP contribution in [0.15, 0.2) is 30.5 Å². The molecule has 3 N–H and O–H groups in total. The maximum absolute atomic E-state index is 12.6. The molecule has 4 atom stereocenters. The SMILES string of the molecule is OC[C@H]1OC[C@H](n2cc(-c3ccc(C(F)(F)F)cc3)nn2)[C@@H](O)[C@H]1O. The summed E-state index contributed by atoms with van der Waals surface area (Å²) >= 11 is 0. The highest BCUT2D eigenvalue weighted by Gasteiger charge is 2.39. The third-order valence-corrected chi connectivity index (χ3v) is 4.14. The predicted molar refractivity (Wildman–Crippen MR) is 78.3 cm³/mol. The third-order valence-electron chi connectivity index (χ3n) is 4.14. The van der Waals surface area contributed by atoms with Crippen LogP contribution in [0.5, 0.6) is 0 Å². The summed E-state index contributed by atoms with van der Waals surface area (Å²) in [5.74, 6) is 0. The zero-order chi connectivity index (χ0) is 18.2. The van der Waals surface area contributed by atoms with Crippen molar-refractivity contribution < 1.29 is 33.2 Å². The molecule has 7 nitrogen and oxygen atoms in total. The molecule has 0 amide bonds. The van der Waals surface area contributed by atoms with Crippen molar-refractivity contribution in [2.24, 2.45) is 0 Å². The average Bonchev–Trinajstić information content (AvgIpc) is 3.06. The van der Waals surface area contributed by atoms with E-state index in [-0.39, 0.29) is 6.61 Å². The van der Waals surface area contributed by atoms with Crippen LogP contribution >= 0.6 is 0 Å². The first-order chi connectivity index (χ1) is 11.8. The van der Waals surface area contributed by atoms with Crippen LogP contribution in [0.1, 0.15) is 11.6 Å². The highest BCUT2D eigenvalue weighted by molar-refractivity contribution is 5.58. The van der Waals surface area contributed by atoms with Crippen molar-refractivity contribution in [1.82, 2.24) is 15.0 Å². The van der Waals surface area contributed by atoms with Crippen molar-refractivity contribution in [2.75, 3.05) is 13.2 Å². The van der Waals surface area contributed by atoms with Crippen LogP contribution in [0.3, 0.4) is 0 Å². The zero-order valence-electron chi connectivity index (χ0n) is 12.8. The largest absolute Gasteiger partial charge is 0.416 e. The lowest BCUT2D eigenvalue weighted by Gasteiger charge is -2.36. The summed E-state index contributed by atoms with van der Waals surface area (Å²) in [6, 6.07) is 3.72. The molecule has 25 heavy (non-hydrogen) atoms. The monoisotopic (exact) mass is 359 g/mol. The van der Waals surface area contributed by atoms with Crippen molar-refractivity contribution in [2.45, 2.75) is 30.5 Å². The van der Waals surface area contributed by atoms with Gasteiger partial charge in [0.25, 0.3) is 0 Å². The van der Waals surface area contributed by atoms with Gasteiger partial charge in [0.1, 0.15) is 30.0 Å². The molecular formula is C15H16F3N3O4. The maximum atomic E-state index is 12.6. The van der Waals surface area contributed by atoms with E-state index in [1.165, 1.54) is 23.0 Å². The number of halogens is 3. The van der Waals surface area contributed by atoms with Gasteiger partial charge in [-0.3, -0.25) is 0 Å². The normalized spacial score (nSPS) is 27.4. The standard InChI is InChI=1S/C15H16F3N3O4/c16-15(17,18)9-3-1-8(2-4-9)10-5-21(20-19-10)11-7-25-12(6-22)14(24)13(11)23/h1-5,11-14,22-24H,6-7H2/t11-,12+,13+,14-/m0/s1. The number of nitrogens with zero attached hydrogens (tertiary/aromatic N) is 3. The van der Waals surface area contributed by atoms with Crippen LogP contribution in [0, 0.1) is 0 Å². The highest BCUT2D eigenvalue weighted by atomic mass is 19.4. The Morgan fingerprint density at radius 3 is 2.44 bits per heavy atom. The Morgan fingerprint density at radius 2 is 1.84 bits per heavy atom. The number of rotatable bonds is 3. The molecule has 0 unspecified atom stereocenters. The fraction of sp³-hybridized carbons (Fsp3) is 0.467. The van der Waals surface area contributed by atoms with E-state index in [0.29, 0.717) is 11.3 Å². The van der Waals surface area contributed by atoms with Crippen LogP contribution in [0.25, 0.3) is 11.3 Å². The molecule has 136 valence electrons. The van der Waals surface area contributed by atoms with Crippen LogP contribution in [-0.4, -0.2) is 61.8 Å². The molecule has 0 bridgehead atoms. The highest BCUT2D eigenvalue weighted by Crippen LogP contribution is 2.31. The first-order valence-electron chi connectivity index (χ1n) is 7.49. The Kier molecular flexibility index (Phi) is 4.78. The minimum Gasteiger partial charge on any atom is -0.394 e. The topological polar surface area (TPSA) is 101 Å². The number of aliphatic hydroxyl groups is 3. The molecule has 1 fully saturated rings. The van der Waals surface area contributed by atoms with E-state index >= 15 is 0 Å². The minimum absolute atomic E-state index is 0.000729. The predicted octanol–water partition coefficient (Wildman–Crippen LogP) is 0.618. The van der Waals surface area contributed by atoms with Crippen LogP contribution < -0.4 is 0 Å². The smallest absolute Gasteiger partial charge is 0.394 e. The summed E-state index contributed by atoms with van der Waals surface area (Å²) in [4.78, 5) is 0. The summed E-state index contributed by atoms with van der Waals surface area (Å²) in [5, 5.41) is 36.8. The van der Waals surface area contributed by atoms with Gasteiger partial charge in [-0.1, -0.05) is 17.3 Å². The molecule has 1 aliphatic heterocycles. The number of alkyl halides is 3. The second-order valence-corrected chi connectivity index (χ2v) is 5.76. The second-order valence-electron chi connectivity index (χ2n) is 5.76. The van der Waals surface area contributed by atoms with E-state index in [1.54, 1.807) is 0 Å². The first kappa shape index (κ1) is 17.8. The Hall–Kier alpha value is -2.01. The van der Waals surface area contributed by atoms with E-state index < -0.39 is 42.7 Å². The number of aliphatic hydroxyl groups excluding tert-OH is 3. The van der Waals surface area contributed by atoms with Crippen molar-refractivity contribution in [3.8, 4) is 11.3 Å². The van der Waals surface area contributed by atoms with Crippen molar-refractivity contribution in [1.29, 1.82) is 0 Å². The molecule has 0 radical (unpaired) electrons. The van der Waals surface area contributed by atoms with E-state index in [1.807, 2.05) is 0 Å². The number of ether oxygens (including phenoxy) is 1. The Morgan fingerprint density at radius 1 is 1.16 bits per heavy atom. The summed E-state index contributed by atoms with van der Waals surface area (Å²) in [7, 11) is 0. The lowest BCUT2D eigenvalue weighted by Crippen LogP contribution is -2.52. The molecule has 3 rings (SSSR count). The molecule has 2 aromatic rings. The summed E-state index contributed by atoms with van der Waals surface area (Å²) in [5.41, 5.74) is -0.0168. The Bertz CT molecular complexity index is 720. The maximum Gasteiger partial charge on any atom is 0.416 e. The van der Waals surface area contributed by atoms with Crippen LogP contribution in [-0.2, 0) is 10.9 Å². The van der Waals surface area contributed by atoms with Crippen molar-refractivity contribution in [3.05, 3.63) is 36.0 Å².